The minimum Gasteiger partial charge on any atom is -0.361 e. The Morgan fingerprint density at radius 1 is 1.02 bits per heavy atom. The first-order valence-electron chi connectivity index (χ1n) is 16.4. The molecule has 246 valence electrons. The number of benzene rings is 1. The first kappa shape index (κ1) is 32.6. The lowest BCUT2D eigenvalue weighted by Gasteiger charge is -2.32. The van der Waals surface area contributed by atoms with Crippen molar-refractivity contribution in [2.75, 3.05) is 36.5 Å². The van der Waals surface area contributed by atoms with Gasteiger partial charge in [0.15, 0.2) is 5.82 Å². The molecule has 0 unspecified atom stereocenters. The van der Waals surface area contributed by atoms with Crippen molar-refractivity contribution in [3.8, 4) is 6.07 Å². The number of aryl methyl sites for hydroxylation is 1. The summed E-state index contributed by atoms with van der Waals surface area (Å²) >= 11 is 0. The second-order valence-electron chi connectivity index (χ2n) is 13.4. The number of piperidine rings is 1. The number of fused-ring (bicyclic) bond motifs is 9. The third kappa shape index (κ3) is 6.72. The fraction of sp³-hybridized carbons (Fsp3) is 0.588. The van der Waals surface area contributed by atoms with Gasteiger partial charge >= 0.3 is 0 Å². The molecule has 4 aliphatic heterocycles. The molecule has 6 heterocycles. The summed E-state index contributed by atoms with van der Waals surface area (Å²) in [5.74, 6) is -3.90. The van der Waals surface area contributed by atoms with Crippen LogP contribution in [-0.2, 0) is 27.6 Å². The van der Waals surface area contributed by atoms with E-state index >= 15 is 13.2 Å². The highest BCUT2D eigenvalue weighted by molar-refractivity contribution is 7.91. The molecule has 46 heavy (non-hydrogen) atoms. The molecule has 0 spiro atoms. The molecule has 0 saturated carbocycles. The SMILES string of the molecule is C[C@H]1Nc2nncc3c(nc(C4(C#N)CCS(=O)(=O)CC4)cc23)CCCCCN2CCC(CC2)CCC(F)(F)c2cccc1c2F. The summed E-state index contributed by atoms with van der Waals surface area (Å²) in [5.41, 5.74) is -0.338. The summed E-state index contributed by atoms with van der Waals surface area (Å²) in [4.78, 5) is 7.38. The number of rotatable bonds is 1. The van der Waals surface area contributed by atoms with Gasteiger partial charge in [0.25, 0.3) is 5.92 Å². The number of halogens is 3. The highest BCUT2D eigenvalue weighted by Crippen LogP contribution is 2.41. The van der Waals surface area contributed by atoms with Gasteiger partial charge in [-0.25, -0.2) is 21.6 Å². The summed E-state index contributed by atoms with van der Waals surface area (Å²) in [6, 6.07) is 7.57. The van der Waals surface area contributed by atoms with Gasteiger partial charge in [0.05, 0.1) is 46.8 Å². The van der Waals surface area contributed by atoms with Crippen LogP contribution in [0.5, 0.6) is 0 Å². The van der Waals surface area contributed by atoms with Crippen LogP contribution in [0.2, 0.25) is 0 Å². The van der Waals surface area contributed by atoms with Crippen molar-refractivity contribution in [3.63, 3.8) is 0 Å². The molecule has 0 amide bonds. The normalized spacial score (nSPS) is 26.5. The molecule has 2 aromatic heterocycles. The topological polar surface area (TPSA) is 112 Å². The largest absolute Gasteiger partial charge is 0.361 e. The van der Waals surface area contributed by atoms with Crippen LogP contribution in [-0.4, -0.2) is 59.6 Å². The number of hydrogen-bond donors (Lipinski definition) is 1. The molecule has 12 heteroatoms. The Kier molecular flexibility index (Phi) is 9.27. The van der Waals surface area contributed by atoms with Gasteiger partial charge in [-0.2, -0.15) is 10.4 Å². The van der Waals surface area contributed by atoms with Gasteiger partial charge in [-0.1, -0.05) is 24.6 Å². The molecule has 0 aliphatic carbocycles. The van der Waals surface area contributed by atoms with Crippen LogP contribution in [0.15, 0.2) is 30.5 Å². The van der Waals surface area contributed by atoms with Crippen LogP contribution < -0.4 is 5.32 Å². The van der Waals surface area contributed by atoms with E-state index in [0.29, 0.717) is 29.7 Å². The van der Waals surface area contributed by atoms with Crippen LogP contribution >= 0.6 is 0 Å². The molecule has 0 radical (unpaired) electrons. The maximum Gasteiger partial charge on any atom is 0.276 e. The number of pyridine rings is 1. The molecule has 7 rings (SSSR count). The summed E-state index contributed by atoms with van der Waals surface area (Å²) in [7, 11) is -3.23. The maximum absolute atomic E-state index is 15.9. The van der Waals surface area contributed by atoms with Crippen molar-refractivity contribution in [1.29, 1.82) is 5.26 Å². The molecule has 1 aromatic carbocycles. The highest BCUT2D eigenvalue weighted by Gasteiger charge is 2.41. The van der Waals surface area contributed by atoms with E-state index in [1.807, 2.05) is 0 Å². The molecule has 2 fully saturated rings. The number of sulfone groups is 1. The van der Waals surface area contributed by atoms with E-state index in [9.17, 15) is 13.7 Å². The molecule has 8 nitrogen and oxygen atoms in total. The molecule has 2 saturated heterocycles. The Labute approximate surface area is 268 Å². The van der Waals surface area contributed by atoms with Crippen molar-refractivity contribution >= 4 is 26.4 Å². The van der Waals surface area contributed by atoms with E-state index in [4.69, 9.17) is 4.98 Å². The second kappa shape index (κ2) is 13.1. The van der Waals surface area contributed by atoms with Crippen molar-refractivity contribution in [2.24, 2.45) is 5.92 Å². The quantitative estimate of drug-likeness (QED) is 0.312. The van der Waals surface area contributed by atoms with E-state index in [0.717, 1.165) is 62.8 Å². The Hall–Kier alpha value is -3.30. The second-order valence-corrected chi connectivity index (χ2v) is 15.7. The van der Waals surface area contributed by atoms with Crippen LogP contribution in [0.1, 0.15) is 93.3 Å². The minimum atomic E-state index is -3.30. The van der Waals surface area contributed by atoms with E-state index in [2.05, 4.69) is 26.5 Å². The standard InChI is InChI=1S/C34H41F3N6O2S/c1-23-25-6-5-7-28(31(25)35)34(36,37)12-9-24-10-16-43(17-11-24)15-4-2-3-8-29-27-21-39-42-32(40-23)26(27)20-30(41-29)33(22-38)13-18-46(44,45)19-14-33/h5-7,20-21,23-24H,2-4,8-19H2,1H3,(H,40,42)/t23-/m1/s1. The molecular formula is C34H41F3N6O2S. The van der Waals surface area contributed by atoms with Gasteiger partial charge in [0, 0.05) is 22.8 Å². The van der Waals surface area contributed by atoms with Crippen LogP contribution in [0.25, 0.3) is 10.8 Å². The Bertz CT molecular complexity index is 1720. The zero-order chi connectivity index (χ0) is 32.5. The monoisotopic (exact) mass is 654 g/mol. The van der Waals surface area contributed by atoms with Crippen LogP contribution in [0, 0.1) is 23.1 Å². The molecule has 4 aliphatic rings. The fourth-order valence-electron chi connectivity index (χ4n) is 7.27. The summed E-state index contributed by atoms with van der Waals surface area (Å²) in [6.45, 7) is 4.39. The van der Waals surface area contributed by atoms with E-state index in [1.165, 1.54) is 18.2 Å². The third-order valence-electron chi connectivity index (χ3n) is 10.3. The van der Waals surface area contributed by atoms with Crippen molar-refractivity contribution in [3.05, 3.63) is 58.8 Å². The zero-order valence-electron chi connectivity index (χ0n) is 26.2. The lowest BCUT2D eigenvalue weighted by atomic mass is 9.79. The molecule has 1 atom stereocenters. The lowest BCUT2D eigenvalue weighted by molar-refractivity contribution is -0.0249. The van der Waals surface area contributed by atoms with Gasteiger partial charge < -0.3 is 10.2 Å². The van der Waals surface area contributed by atoms with E-state index < -0.39 is 45.0 Å². The van der Waals surface area contributed by atoms with E-state index in [-0.39, 0.29) is 35.8 Å². The van der Waals surface area contributed by atoms with Crippen molar-refractivity contribution in [2.45, 2.75) is 88.5 Å². The number of nitrogens with one attached hydrogen (secondary N) is 1. The number of nitrogens with zero attached hydrogens (tertiary/aromatic N) is 5. The summed E-state index contributed by atoms with van der Waals surface area (Å²) in [5, 5.41) is 23.5. The smallest absolute Gasteiger partial charge is 0.276 e. The zero-order valence-corrected chi connectivity index (χ0v) is 27.1. The third-order valence-corrected chi connectivity index (χ3v) is 12.0. The highest BCUT2D eigenvalue weighted by atomic mass is 32.2. The average molecular weight is 655 g/mol. The van der Waals surface area contributed by atoms with Gasteiger partial charge in [-0.05, 0) is 89.9 Å². The van der Waals surface area contributed by atoms with Gasteiger partial charge in [0.1, 0.15) is 21.1 Å². The number of aromatic nitrogens is 3. The average Bonchev–Trinajstić information content (AvgIpc) is 3.04. The van der Waals surface area contributed by atoms with Crippen LogP contribution in [0.3, 0.4) is 0 Å². The first-order chi connectivity index (χ1) is 22.0. The molecule has 8 bridgehead atoms. The number of alkyl halides is 2. The van der Waals surface area contributed by atoms with Gasteiger partial charge in [-0.15, -0.1) is 5.10 Å². The summed E-state index contributed by atoms with van der Waals surface area (Å²) < 4.78 is 71.5. The Morgan fingerprint density at radius 2 is 1.78 bits per heavy atom. The lowest BCUT2D eigenvalue weighted by Crippen LogP contribution is -2.36. The van der Waals surface area contributed by atoms with Crippen LogP contribution in [0.4, 0.5) is 19.0 Å². The number of hydrogen-bond acceptors (Lipinski definition) is 8. The van der Waals surface area contributed by atoms with Crippen molar-refractivity contribution in [1.82, 2.24) is 20.1 Å². The molecule has 1 N–H and O–H groups in total. The Balaban J connectivity index is 1.42. The fourth-order valence-corrected chi connectivity index (χ4v) is 8.80. The number of nitriles is 1. The molecule has 3 aromatic rings. The predicted molar refractivity (Wildman–Crippen MR) is 171 cm³/mol. The minimum absolute atomic E-state index is 0.0932. The summed E-state index contributed by atoms with van der Waals surface area (Å²) in [6.07, 6.45) is 7.08. The van der Waals surface area contributed by atoms with Crippen molar-refractivity contribution < 1.29 is 21.6 Å². The Morgan fingerprint density at radius 3 is 2.52 bits per heavy atom. The van der Waals surface area contributed by atoms with E-state index in [1.54, 1.807) is 19.2 Å². The number of anilines is 1. The van der Waals surface area contributed by atoms with Gasteiger partial charge in [0.2, 0.25) is 0 Å². The first-order valence-corrected chi connectivity index (χ1v) is 18.3. The molecular weight excluding hydrogens is 613 g/mol. The van der Waals surface area contributed by atoms with Gasteiger partial charge in [-0.3, -0.25) is 4.98 Å². The predicted octanol–water partition coefficient (Wildman–Crippen LogP) is 6.62. The maximum atomic E-state index is 15.9.